The summed E-state index contributed by atoms with van der Waals surface area (Å²) in [7, 11) is 0. The summed E-state index contributed by atoms with van der Waals surface area (Å²) in [6, 6.07) is 1.85. The van der Waals surface area contributed by atoms with E-state index in [1.807, 2.05) is 15.8 Å². The van der Waals surface area contributed by atoms with E-state index in [9.17, 15) is 9.18 Å². The molecule has 7 heteroatoms. The Kier molecular flexibility index (Phi) is 4.04. The Labute approximate surface area is 152 Å². The summed E-state index contributed by atoms with van der Waals surface area (Å²) in [6.45, 7) is 6.37. The molecule has 138 valence electrons. The molecule has 26 heavy (non-hydrogen) atoms. The molecule has 0 N–H and O–H groups in total. The van der Waals surface area contributed by atoms with Crippen LogP contribution in [0.25, 0.3) is 0 Å². The number of hydrogen-bond donors (Lipinski definition) is 0. The number of amides is 1. The Bertz CT molecular complexity index is 813. The Morgan fingerprint density at radius 2 is 1.85 bits per heavy atom. The zero-order valence-electron chi connectivity index (χ0n) is 15.4. The minimum Gasteiger partial charge on any atom is -0.332 e. The predicted octanol–water partition coefficient (Wildman–Crippen LogP) is 3.12. The van der Waals surface area contributed by atoms with Crippen molar-refractivity contribution in [2.24, 2.45) is 0 Å². The van der Waals surface area contributed by atoms with Crippen LogP contribution in [0.15, 0.2) is 24.7 Å². The second-order valence-electron chi connectivity index (χ2n) is 8.45. The van der Waals surface area contributed by atoms with Crippen molar-refractivity contribution in [2.45, 2.75) is 70.0 Å². The van der Waals surface area contributed by atoms with E-state index in [0.717, 1.165) is 37.6 Å². The summed E-state index contributed by atoms with van der Waals surface area (Å²) in [5.74, 6) is -0.590. The molecule has 2 unspecified atom stereocenters. The number of halogens is 1. The van der Waals surface area contributed by atoms with Crippen LogP contribution in [0.3, 0.4) is 0 Å². The van der Waals surface area contributed by atoms with Crippen LogP contribution in [0.1, 0.15) is 68.5 Å². The highest BCUT2D eigenvalue weighted by Crippen LogP contribution is 2.41. The van der Waals surface area contributed by atoms with E-state index in [4.69, 9.17) is 0 Å². The molecule has 2 fully saturated rings. The molecule has 6 nitrogen and oxygen atoms in total. The molecular formula is C19H24FN5O. The van der Waals surface area contributed by atoms with Crippen LogP contribution in [-0.4, -0.2) is 42.9 Å². The van der Waals surface area contributed by atoms with Gasteiger partial charge in [-0.15, -0.1) is 5.10 Å². The SMILES string of the molecule is CC(C)(C)c1cn(C2CC3CCC(C2)N3C(=O)c2cncc(F)c2)nn1. The third-order valence-corrected chi connectivity index (χ3v) is 5.55. The Hall–Kier alpha value is -2.31. The maximum atomic E-state index is 13.4. The lowest BCUT2D eigenvalue weighted by Gasteiger charge is -2.38. The standard InChI is InChI=1S/C19H24FN5O/c1-19(2,3)17-11-24(23-22-17)16-7-14-4-5-15(8-16)25(14)18(26)12-6-13(20)10-21-9-12/h6,9-11,14-16H,4-5,7-8H2,1-3H3. The van der Waals surface area contributed by atoms with Crippen molar-refractivity contribution >= 4 is 5.91 Å². The minimum absolute atomic E-state index is 0.0295. The van der Waals surface area contributed by atoms with Crippen molar-refractivity contribution in [3.05, 3.63) is 41.7 Å². The van der Waals surface area contributed by atoms with Crippen LogP contribution in [0.5, 0.6) is 0 Å². The molecular weight excluding hydrogens is 333 g/mol. The summed E-state index contributed by atoms with van der Waals surface area (Å²) < 4.78 is 15.4. The molecule has 4 rings (SSSR count). The highest BCUT2D eigenvalue weighted by molar-refractivity contribution is 5.94. The van der Waals surface area contributed by atoms with Gasteiger partial charge in [-0.3, -0.25) is 9.78 Å². The van der Waals surface area contributed by atoms with Gasteiger partial charge in [-0.2, -0.15) is 0 Å². The van der Waals surface area contributed by atoms with Gasteiger partial charge in [0.25, 0.3) is 5.91 Å². The van der Waals surface area contributed by atoms with Gasteiger partial charge in [0.05, 0.1) is 23.5 Å². The largest absolute Gasteiger partial charge is 0.332 e. The number of aromatic nitrogens is 4. The number of carbonyl (C=O) groups is 1. The van der Waals surface area contributed by atoms with Crippen molar-refractivity contribution in [3.8, 4) is 0 Å². The molecule has 0 aliphatic carbocycles. The average Bonchev–Trinajstić information content (AvgIpc) is 3.17. The molecule has 2 bridgehead atoms. The third-order valence-electron chi connectivity index (χ3n) is 5.55. The third kappa shape index (κ3) is 2.99. The van der Waals surface area contributed by atoms with Gasteiger partial charge >= 0.3 is 0 Å². The van der Waals surface area contributed by atoms with Gasteiger partial charge in [-0.1, -0.05) is 26.0 Å². The lowest BCUT2D eigenvalue weighted by molar-refractivity contribution is 0.0522. The van der Waals surface area contributed by atoms with Gasteiger partial charge in [-0.25, -0.2) is 9.07 Å². The molecule has 4 heterocycles. The maximum absolute atomic E-state index is 13.4. The van der Waals surface area contributed by atoms with Crippen molar-refractivity contribution in [2.75, 3.05) is 0 Å². The molecule has 2 saturated heterocycles. The Morgan fingerprint density at radius 3 is 2.42 bits per heavy atom. The molecule has 0 aromatic carbocycles. The topological polar surface area (TPSA) is 63.9 Å². The fourth-order valence-electron chi connectivity index (χ4n) is 4.17. The van der Waals surface area contributed by atoms with Gasteiger partial charge in [0.1, 0.15) is 5.82 Å². The zero-order valence-corrected chi connectivity index (χ0v) is 15.4. The molecule has 1 amide bonds. The highest BCUT2D eigenvalue weighted by Gasteiger charge is 2.44. The first kappa shape index (κ1) is 17.1. The van der Waals surface area contributed by atoms with Gasteiger partial charge < -0.3 is 4.90 Å². The summed E-state index contributed by atoms with van der Waals surface area (Å²) in [4.78, 5) is 18.6. The van der Waals surface area contributed by atoms with Crippen LogP contribution in [0.2, 0.25) is 0 Å². The second kappa shape index (κ2) is 6.14. The van der Waals surface area contributed by atoms with Crippen molar-refractivity contribution in [1.29, 1.82) is 0 Å². The van der Waals surface area contributed by atoms with Crippen molar-refractivity contribution in [1.82, 2.24) is 24.9 Å². The monoisotopic (exact) mass is 357 g/mol. The van der Waals surface area contributed by atoms with Crippen molar-refractivity contribution in [3.63, 3.8) is 0 Å². The average molecular weight is 357 g/mol. The maximum Gasteiger partial charge on any atom is 0.256 e. The number of nitrogens with zero attached hydrogens (tertiary/aromatic N) is 5. The van der Waals surface area contributed by atoms with Crippen LogP contribution >= 0.6 is 0 Å². The summed E-state index contributed by atoms with van der Waals surface area (Å²) >= 11 is 0. The predicted molar refractivity (Wildman–Crippen MR) is 94.2 cm³/mol. The zero-order chi connectivity index (χ0) is 18.5. The Balaban J connectivity index is 1.53. The number of piperidine rings is 1. The number of carbonyl (C=O) groups excluding carboxylic acids is 1. The van der Waals surface area contributed by atoms with Crippen LogP contribution in [-0.2, 0) is 5.41 Å². The normalized spacial score (nSPS) is 25.5. The number of hydrogen-bond acceptors (Lipinski definition) is 4. The highest BCUT2D eigenvalue weighted by atomic mass is 19.1. The van der Waals surface area contributed by atoms with E-state index in [-0.39, 0.29) is 29.4 Å². The molecule has 2 aromatic heterocycles. The van der Waals surface area contributed by atoms with E-state index >= 15 is 0 Å². The molecule has 0 spiro atoms. The number of pyridine rings is 1. The molecule has 2 aliphatic heterocycles. The first-order chi connectivity index (χ1) is 12.3. The fourth-order valence-corrected chi connectivity index (χ4v) is 4.17. The van der Waals surface area contributed by atoms with Gasteiger partial charge in [0.2, 0.25) is 0 Å². The second-order valence-corrected chi connectivity index (χ2v) is 8.45. The molecule has 2 atom stereocenters. The van der Waals surface area contributed by atoms with Gasteiger partial charge in [0, 0.05) is 29.9 Å². The van der Waals surface area contributed by atoms with E-state index < -0.39 is 5.82 Å². The van der Waals surface area contributed by atoms with Crippen LogP contribution in [0.4, 0.5) is 4.39 Å². The van der Waals surface area contributed by atoms with E-state index in [0.29, 0.717) is 5.56 Å². The van der Waals surface area contributed by atoms with Crippen LogP contribution < -0.4 is 0 Å². The summed E-state index contributed by atoms with van der Waals surface area (Å²) in [5.41, 5.74) is 1.28. The van der Waals surface area contributed by atoms with E-state index in [1.54, 1.807) is 0 Å². The molecule has 0 radical (unpaired) electrons. The smallest absolute Gasteiger partial charge is 0.256 e. The lowest BCUT2D eigenvalue weighted by Crippen LogP contribution is -2.47. The summed E-state index contributed by atoms with van der Waals surface area (Å²) in [5, 5.41) is 8.67. The quantitative estimate of drug-likeness (QED) is 0.828. The first-order valence-corrected chi connectivity index (χ1v) is 9.18. The van der Waals surface area contributed by atoms with E-state index in [2.05, 4.69) is 36.1 Å². The number of fused-ring (bicyclic) bond motifs is 2. The Morgan fingerprint density at radius 1 is 1.15 bits per heavy atom. The van der Waals surface area contributed by atoms with Gasteiger partial charge in [0.15, 0.2) is 0 Å². The molecule has 2 aliphatic rings. The van der Waals surface area contributed by atoms with Crippen LogP contribution in [0, 0.1) is 5.82 Å². The summed E-state index contributed by atoms with van der Waals surface area (Å²) in [6.07, 6.45) is 8.29. The number of rotatable bonds is 2. The molecule has 0 saturated carbocycles. The van der Waals surface area contributed by atoms with E-state index in [1.165, 1.54) is 12.3 Å². The lowest BCUT2D eigenvalue weighted by atomic mass is 9.93. The minimum atomic E-state index is -0.476. The first-order valence-electron chi connectivity index (χ1n) is 9.18. The van der Waals surface area contributed by atoms with Gasteiger partial charge in [-0.05, 0) is 31.7 Å². The molecule has 2 aromatic rings. The fraction of sp³-hybridized carbons (Fsp3) is 0.579. The van der Waals surface area contributed by atoms with Crippen molar-refractivity contribution < 1.29 is 9.18 Å².